The first-order valence-corrected chi connectivity index (χ1v) is 7.03. The van der Waals surface area contributed by atoms with E-state index >= 15 is 0 Å². The van der Waals surface area contributed by atoms with Crippen molar-refractivity contribution in [3.8, 4) is 0 Å². The average molecular weight is 269 g/mol. The second-order valence-corrected chi connectivity index (χ2v) is 6.18. The van der Waals surface area contributed by atoms with Crippen LogP contribution in [0.4, 0.5) is 0 Å². The van der Waals surface area contributed by atoms with Crippen molar-refractivity contribution >= 4 is 22.2 Å². The van der Waals surface area contributed by atoms with Crippen LogP contribution in [-0.2, 0) is 5.60 Å². The Bertz CT molecular complexity index is 730. The molecule has 19 heavy (non-hydrogen) atoms. The number of thiophene rings is 1. The molecule has 0 radical (unpaired) electrons. The van der Waals surface area contributed by atoms with Gasteiger partial charge in [-0.15, -0.1) is 11.3 Å². The normalized spacial score (nSPS) is 14.5. The highest BCUT2D eigenvalue weighted by atomic mass is 32.1. The number of nitrogens with zero attached hydrogens (tertiary/aromatic N) is 1. The summed E-state index contributed by atoms with van der Waals surface area (Å²) < 4.78 is 0. The molecule has 0 spiro atoms. The number of hydrogen-bond acceptors (Lipinski definition) is 3. The van der Waals surface area contributed by atoms with E-state index < -0.39 is 5.60 Å². The minimum atomic E-state index is -0.968. The van der Waals surface area contributed by atoms with Gasteiger partial charge in [-0.1, -0.05) is 18.2 Å². The lowest BCUT2D eigenvalue weighted by Gasteiger charge is -2.22. The van der Waals surface area contributed by atoms with Crippen molar-refractivity contribution in [3.63, 3.8) is 0 Å². The van der Waals surface area contributed by atoms with Gasteiger partial charge >= 0.3 is 0 Å². The van der Waals surface area contributed by atoms with Crippen LogP contribution < -0.4 is 0 Å². The van der Waals surface area contributed by atoms with Gasteiger partial charge in [0.05, 0.1) is 5.52 Å². The lowest BCUT2D eigenvalue weighted by atomic mass is 9.93. The number of fused-ring (bicyclic) bond motifs is 1. The molecule has 0 amide bonds. The van der Waals surface area contributed by atoms with Crippen LogP contribution in [0.5, 0.6) is 0 Å². The summed E-state index contributed by atoms with van der Waals surface area (Å²) in [5.41, 5.74) is 0.819. The van der Waals surface area contributed by atoms with Crippen molar-refractivity contribution in [2.45, 2.75) is 19.4 Å². The first-order chi connectivity index (χ1) is 9.07. The molecule has 3 heteroatoms. The fraction of sp³-hybridized carbons (Fsp3) is 0.188. The Morgan fingerprint density at radius 3 is 2.74 bits per heavy atom. The zero-order chi connectivity index (χ0) is 13.5. The van der Waals surface area contributed by atoms with Gasteiger partial charge in [0.2, 0.25) is 0 Å². The third-order valence-corrected chi connectivity index (χ3v) is 4.60. The molecular weight excluding hydrogens is 254 g/mol. The van der Waals surface area contributed by atoms with Crippen LogP contribution in [0.25, 0.3) is 10.9 Å². The summed E-state index contributed by atoms with van der Waals surface area (Å²) in [5, 5.41) is 11.9. The molecule has 0 aliphatic carbocycles. The Hall–Kier alpha value is -1.71. The van der Waals surface area contributed by atoms with Gasteiger partial charge in [-0.2, -0.15) is 0 Å². The molecule has 1 atom stereocenters. The molecular formula is C16H15NOS. The largest absolute Gasteiger partial charge is 0.380 e. The highest BCUT2D eigenvalue weighted by Crippen LogP contribution is 2.34. The number of pyridine rings is 1. The molecule has 3 rings (SSSR count). The maximum atomic E-state index is 10.8. The maximum Gasteiger partial charge on any atom is 0.121 e. The predicted molar refractivity (Wildman–Crippen MR) is 79.5 cm³/mol. The number of hydrogen-bond donors (Lipinski definition) is 1. The van der Waals surface area contributed by atoms with Crippen LogP contribution in [0, 0.1) is 6.92 Å². The van der Waals surface area contributed by atoms with Gasteiger partial charge in [-0.05, 0) is 43.7 Å². The Morgan fingerprint density at radius 1 is 1.16 bits per heavy atom. The average Bonchev–Trinajstić information content (AvgIpc) is 2.85. The molecule has 0 saturated heterocycles. The van der Waals surface area contributed by atoms with Crippen LogP contribution in [0.15, 0.2) is 48.7 Å². The van der Waals surface area contributed by atoms with E-state index in [0.717, 1.165) is 21.3 Å². The van der Waals surface area contributed by atoms with Gasteiger partial charge in [-0.25, -0.2) is 0 Å². The summed E-state index contributed by atoms with van der Waals surface area (Å²) in [4.78, 5) is 6.51. The monoisotopic (exact) mass is 269 g/mol. The zero-order valence-electron chi connectivity index (χ0n) is 10.9. The van der Waals surface area contributed by atoms with Crippen LogP contribution >= 0.6 is 11.3 Å². The topological polar surface area (TPSA) is 33.1 Å². The van der Waals surface area contributed by atoms with Crippen LogP contribution in [0.2, 0.25) is 0 Å². The van der Waals surface area contributed by atoms with Crippen LogP contribution in [-0.4, -0.2) is 10.1 Å². The zero-order valence-corrected chi connectivity index (χ0v) is 11.7. The second-order valence-electron chi connectivity index (χ2n) is 4.89. The smallest absolute Gasteiger partial charge is 0.121 e. The second kappa shape index (κ2) is 4.44. The van der Waals surface area contributed by atoms with Crippen molar-refractivity contribution in [1.82, 2.24) is 4.98 Å². The summed E-state index contributed by atoms with van der Waals surface area (Å²) in [6.07, 6.45) is 1.77. The minimum absolute atomic E-state index is 0.876. The van der Waals surface area contributed by atoms with E-state index in [-0.39, 0.29) is 0 Å². The van der Waals surface area contributed by atoms with E-state index in [0.29, 0.717) is 0 Å². The van der Waals surface area contributed by atoms with Gasteiger partial charge < -0.3 is 5.11 Å². The van der Waals surface area contributed by atoms with E-state index in [2.05, 4.69) is 4.98 Å². The SMILES string of the molecule is Cc1ccc(C(C)(O)c2ccc3cccnc3c2)s1. The molecule has 3 aromatic rings. The van der Waals surface area contributed by atoms with E-state index in [1.165, 1.54) is 4.88 Å². The molecule has 1 unspecified atom stereocenters. The third-order valence-electron chi connectivity index (χ3n) is 3.39. The number of aryl methyl sites for hydroxylation is 1. The lowest BCUT2D eigenvalue weighted by Crippen LogP contribution is -2.21. The van der Waals surface area contributed by atoms with Crippen molar-refractivity contribution in [2.24, 2.45) is 0 Å². The summed E-state index contributed by atoms with van der Waals surface area (Å²) in [6, 6.07) is 13.9. The maximum absolute atomic E-state index is 10.8. The Balaban J connectivity index is 2.12. The molecule has 2 heterocycles. The highest BCUT2D eigenvalue weighted by Gasteiger charge is 2.27. The molecule has 1 aromatic carbocycles. The number of rotatable bonds is 2. The van der Waals surface area contributed by atoms with Crippen molar-refractivity contribution in [1.29, 1.82) is 0 Å². The predicted octanol–water partition coefficient (Wildman–Crippen LogP) is 3.86. The number of benzene rings is 1. The Labute approximate surface area is 116 Å². The molecule has 0 saturated carbocycles. The van der Waals surface area contributed by atoms with E-state index in [1.807, 2.05) is 56.3 Å². The lowest BCUT2D eigenvalue weighted by molar-refractivity contribution is 0.106. The Kier molecular flexibility index (Phi) is 2.88. The summed E-state index contributed by atoms with van der Waals surface area (Å²) in [5.74, 6) is 0. The van der Waals surface area contributed by atoms with Crippen molar-refractivity contribution < 1.29 is 5.11 Å². The molecule has 0 aliphatic heterocycles. The van der Waals surface area contributed by atoms with Gasteiger partial charge in [0.1, 0.15) is 5.60 Å². The number of aliphatic hydroxyl groups is 1. The van der Waals surface area contributed by atoms with E-state index in [4.69, 9.17) is 0 Å². The molecule has 2 nitrogen and oxygen atoms in total. The van der Waals surface area contributed by atoms with Gasteiger partial charge in [0.15, 0.2) is 0 Å². The molecule has 0 aliphatic rings. The highest BCUT2D eigenvalue weighted by molar-refractivity contribution is 7.12. The van der Waals surface area contributed by atoms with Gasteiger partial charge in [0.25, 0.3) is 0 Å². The van der Waals surface area contributed by atoms with Crippen molar-refractivity contribution in [2.75, 3.05) is 0 Å². The third kappa shape index (κ3) is 2.15. The molecule has 0 bridgehead atoms. The summed E-state index contributed by atoms with van der Waals surface area (Å²) in [6.45, 7) is 3.88. The molecule has 0 fully saturated rings. The fourth-order valence-electron chi connectivity index (χ4n) is 2.21. The molecule has 2 aromatic heterocycles. The molecule has 96 valence electrons. The van der Waals surface area contributed by atoms with Crippen LogP contribution in [0.1, 0.15) is 22.2 Å². The summed E-state index contributed by atoms with van der Waals surface area (Å²) >= 11 is 1.62. The minimum Gasteiger partial charge on any atom is -0.380 e. The number of aromatic nitrogens is 1. The van der Waals surface area contributed by atoms with Gasteiger partial charge in [0, 0.05) is 21.3 Å². The quantitative estimate of drug-likeness (QED) is 0.766. The first kappa shape index (κ1) is 12.3. The first-order valence-electron chi connectivity index (χ1n) is 6.22. The van der Waals surface area contributed by atoms with Crippen molar-refractivity contribution in [3.05, 3.63) is 64.0 Å². The Morgan fingerprint density at radius 2 is 2.00 bits per heavy atom. The van der Waals surface area contributed by atoms with Crippen LogP contribution in [0.3, 0.4) is 0 Å². The summed E-state index contributed by atoms with van der Waals surface area (Å²) in [7, 11) is 0. The standard InChI is InChI=1S/C16H15NOS/c1-11-5-8-15(19-11)16(2,18)13-7-6-12-4-3-9-17-14(12)10-13/h3-10,18H,1-2H3. The van der Waals surface area contributed by atoms with E-state index in [1.54, 1.807) is 17.5 Å². The fourth-order valence-corrected chi connectivity index (χ4v) is 3.14. The van der Waals surface area contributed by atoms with E-state index in [9.17, 15) is 5.11 Å². The van der Waals surface area contributed by atoms with Gasteiger partial charge in [-0.3, -0.25) is 4.98 Å². The molecule has 1 N–H and O–H groups in total.